The predicted octanol–water partition coefficient (Wildman–Crippen LogP) is 3.59. The number of nitrogens with zero attached hydrogens (tertiary/aromatic N) is 2. The lowest BCUT2D eigenvalue weighted by atomic mass is 9.96. The molecular formula is C16H25N3. The molecule has 1 atom stereocenters. The first-order valence-electron chi connectivity index (χ1n) is 7.83. The van der Waals surface area contributed by atoms with Crippen molar-refractivity contribution in [1.82, 2.24) is 9.88 Å². The van der Waals surface area contributed by atoms with Gasteiger partial charge in [-0.15, -0.1) is 0 Å². The molecule has 2 heterocycles. The van der Waals surface area contributed by atoms with Crippen LogP contribution in [-0.2, 0) is 0 Å². The highest BCUT2D eigenvalue weighted by atomic mass is 15.2. The quantitative estimate of drug-likeness (QED) is 0.876. The van der Waals surface area contributed by atoms with E-state index in [0.29, 0.717) is 12.1 Å². The highest BCUT2D eigenvalue weighted by molar-refractivity contribution is 5.38. The van der Waals surface area contributed by atoms with Crippen LogP contribution < -0.4 is 5.32 Å². The first-order chi connectivity index (χ1) is 9.36. The second-order valence-corrected chi connectivity index (χ2v) is 5.94. The monoisotopic (exact) mass is 259 g/mol. The predicted molar refractivity (Wildman–Crippen MR) is 79.3 cm³/mol. The van der Waals surface area contributed by atoms with E-state index in [1.54, 1.807) is 0 Å². The maximum Gasteiger partial charge on any atom is 0.126 e. The van der Waals surface area contributed by atoms with Gasteiger partial charge in [-0.05, 0) is 56.8 Å². The Labute approximate surface area is 116 Å². The summed E-state index contributed by atoms with van der Waals surface area (Å²) in [6, 6.07) is 5.71. The van der Waals surface area contributed by atoms with Crippen molar-refractivity contribution in [3.63, 3.8) is 0 Å². The molecule has 1 aromatic heterocycles. The van der Waals surface area contributed by atoms with Crippen molar-refractivity contribution in [2.75, 3.05) is 18.4 Å². The van der Waals surface area contributed by atoms with Gasteiger partial charge in [0.05, 0.1) is 0 Å². The van der Waals surface area contributed by atoms with E-state index in [1.165, 1.54) is 57.2 Å². The molecule has 3 rings (SSSR count). The first kappa shape index (κ1) is 12.9. The van der Waals surface area contributed by atoms with Gasteiger partial charge in [-0.3, -0.25) is 4.90 Å². The lowest BCUT2D eigenvalue weighted by molar-refractivity contribution is 0.149. The molecule has 0 unspecified atom stereocenters. The van der Waals surface area contributed by atoms with Crippen LogP contribution in [0, 0.1) is 0 Å². The Morgan fingerprint density at radius 2 is 2.16 bits per heavy atom. The van der Waals surface area contributed by atoms with Gasteiger partial charge in [0.2, 0.25) is 0 Å². The van der Waals surface area contributed by atoms with Crippen LogP contribution in [0.2, 0.25) is 0 Å². The van der Waals surface area contributed by atoms with E-state index in [9.17, 15) is 0 Å². The van der Waals surface area contributed by atoms with Gasteiger partial charge in [-0.25, -0.2) is 4.98 Å². The molecule has 104 valence electrons. The van der Waals surface area contributed by atoms with Crippen LogP contribution in [0.15, 0.2) is 18.3 Å². The summed E-state index contributed by atoms with van der Waals surface area (Å²) in [5.74, 6) is 1.05. The molecule has 1 saturated heterocycles. The van der Waals surface area contributed by atoms with E-state index >= 15 is 0 Å². The van der Waals surface area contributed by atoms with Crippen LogP contribution in [-0.4, -0.2) is 29.0 Å². The number of likely N-dealkylation sites (tertiary alicyclic amines) is 1. The maximum atomic E-state index is 4.59. The third kappa shape index (κ3) is 3.27. The molecule has 0 radical (unpaired) electrons. The van der Waals surface area contributed by atoms with Crippen LogP contribution in [0.3, 0.4) is 0 Å². The summed E-state index contributed by atoms with van der Waals surface area (Å²) in [5, 5.41) is 3.46. The Kier molecular flexibility index (Phi) is 4.02. The summed E-state index contributed by atoms with van der Waals surface area (Å²) >= 11 is 0. The molecule has 2 aliphatic rings. The minimum atomic E-state index is 0.594. The van der Waals surface area contributed by atoms with Crippen LogP contribution >= 0.6 is 0 Å². The molecule has 1 aromatic rings. The maximum absolute atomic E-state index is 4.59. The molecule has 1 N–H and O–H groups in total. The lowest BCUT2D eigenvalue weighted by Gasteiger charge is -2.35. The smallest absolute Gasteiger partial charge is 0.126 e. The fourth-order valence-electron chi connectivity index (χ4n) is 3.05. The lowest BCUT2D eigenvalue weighted by Crippen LogP contribution is -2.34. The Hall–Kier alpha value is -1.09. The summed E-state index contributed by atoms with van der Waals surface area (Å²) in [4.78, 5) is 7.22. The molecule has 3 nitrogen and oxygen atoms in total. The summed E-state index contributed by atoms with van der Waals surface area (Å²) in [6.07, 6.45) is 9.93. The van der Waals surface area contributed by atoms with Gasteiger partial charge in [-0.1, -0.05) is 19.4 Å². The van der Waals surface area contributed by atoms with Crippen molar-refractivity contribution in [1.29, 1.82) is 0 Å². The molecule has 3 heteroatoms. The van der Waals surface area contributed by atoms with Gasteiger partial charge in [0.1, 0.15) is 5.82 Å². The Morgan fingerprint density at radius 1 is 1.26 bits per heavy atom. The average Bonchev–Trinajstić information content (AvgIpc) is 3.25. The second-order valence-electron chi connectivity index (χ2n) is 5.94. The van der Waals surface area contributed by atoms with Crippen molar-refractivity contribution in [3.8, 4) is 0 Å². The first-order valence-corrected chi connectivity index (χ1v) is 7.83. The third-order valence-electron chi connectivity index (χ3n) is 4.22. The van der Waals surface area contributed by atoms with Crippen molar-refractivity contribution < 1.29 is 0 Å². The van der Waals surface area contributed by atoms with E-state index in [0.717, 1.165) is 5.82 Å². The van der Waals surface area contributed by atoms with E-state index in [4.69, 9.17) is 0 Å². The molecule has 1 saturated carbocycles. The number of rotatable bonds is 5. The second kappa shape index (κ2) is 5.91. The van der Waals surface area contributed by atoms with E-state index < -0.39 is 0 Å². The van der Waals surface area contributed by atoms with Gasteiger partial charge >= 0.3 is 0 Å². The van der Waals surface area contributed by atoms with Gasteiger partial charge in [-0.2, -0.15) is 0 Å². The van der Waals surface area contributed by atoms with Gasteiger partial charge in [0, 0.05) is 18.3 Å². The highest BCUT2D eigenvalue weighted by Crippen LogP contribution is 2.31. The normalized spacial score (nSPS) is 24.4. The number of piperidine rings is 1. The van der Waals surface area contributed by atoms with E-state index in [-0.39, 0.29) is 0 Å². The summed E-state index contributed by atoms with van der Waals surface area (Å²) in [6.45, 7) is 4.74. The average molecular weight is 259 g/mol. The fraction of sp³-hybridized carbons (Fsp3) is 0.688. The zero-order valence-corrected chi connectivity index (χ0v) is 11.9. The SMILES string of the molecule is CCCN1CCCC[C@H]1c1ccc(NC2CC2)nc1. The van der Waals surface area contributed by atoms with E-state index in [2.05, 4.69) is 40.5 Å². The third-order valence-corrected chi connectivity index (χ3v) is 4.22. The molecule has 1 aliphatic heterocycles. The number of aromatic nitrogens is 1. The van der Waals surface area contributed by atoms with Crippen LogP contribution in [0.4, 0.5) is 5.82 Å². The minimum Gasteiger partial charge on any atom is -0.367 e. The van der Waals surface area contributed by atoms with E-state index in [1.807, 2.05) is 0 Å². The molecule has 0 spiro atoms. The molecule has 0 amide bonds. The van der Waals surface area contributed by atoms with Gasteiger partial charge in [0.25, 0.3) is 0 Å². The molecule has 0 bridgehead atoms. The summed E-state index contributed by atoms with van der Waals surface area (Å²) in [7, 11) is 0. The molecule has 1 aliphatic carbocycles. The Bertz CT molecular complexity index is 395. The van der Waals surface area contributed by atoms with Crippen molar-refractivity contribution in [2.45, 2.75) is 57.5 Å². The molecule has 19 heavy (non-hydrogen) atoms. The van der Waals surface area contributed by atoms with Gasteiger partial charge in [0.15, 0.2) is 0 Å². The largest absolute Gasteiger partial charge is 0.367 e. The highest BCUT2D eigenvalue weighted by Gasteiger charge is 2.24. The number of pyridine rings is 1. The molecule has 0 aromatic carbocycles. The van der Waals surface area contributed by atoms with Crippen molar-refractivity contribution in [2.24, 2.45) is 0 Å². The number of hydrogen-bond acceptors (Lipinski definition) is 3. The summed E-state index contributed by atoms with van der Waals surface area (Å²) < 4.78 is 0. The zero-order valence-electron chi connectivity index (χ0n) is 11.9. The van der Waals surface area contributed by atoms with Crippen molar-refractivity contribution in [3.05, 3.63) is 23.9 Å². The Morgan fingerprint density at radius 3 is 2.84 bits per heavy atom. The zero-order chi connectivity index (χ0) is 13.1. The van der Waals surface area contributed by atoms with Crippen LogP contribution in [0.25, 0.3) is 0 Å². The molecule has 2 fully saturated rings. The summed E-state index contributed by atoms with van der Waals surface area (Å²) in [5.41, 5.74) is 1.40. The number of hydrogen-bond donors (Lipinski definition) is 1. The topological polar surface area (TPSA) is 28.2 Å². The number of nitrogens with one attached hydrogen (secondary N) is 1. The standard InChI is InChI=1S/C16H25N3/c1-2-10-19-11-4-3-5-15(19)13-6-9-16(17-12-13)18-14-7-8-14/h6,9,12,14-15H,2-5,7-8,10-11H2,1H3,(H,17,18)/t15-/m0/s1. The van der Waals surface area contributed by atoms with Crippen molar-refractivity contribution >= 4 is 5.82 Å². The number of anilines is 1. The van der Waals surface area contributed by atoms with Crippen LogP contribution in [0.1, 0.15) is 57.1 Å². The van der Waals surface area contributed by atoms with Crippen LogP contribution in [0.5, 0.6) is 0 Å². The Balaban J connectivity index is 1.68. The van der Waals surface area contributed by atoms with Gasteiger partial charge < -0.3 is 5.32 Å². The minimum absolute atomic E-state index is 0.594. The molecular weight excluding hydrogens is 234 g/mol. The fourth-order valence-corrected chi connectivity index (χ4v) is 3.05.